The lowest BCUT2D eigenvalue weighted by molar-refractivity contribution is -0.121. The van der Waals surface area contributed by atoms with Crippen molar-refractivity contribution in [2.24, 2.45) is 0 Å². The van der Waals surface area contributed by atoms with Crippen molar-refractivity contribution in [3.05, 3.63) is 0 Å². The summed E-state index contributed by atoms with van der Waals surface area (Å²) in [5.74, 6) is 0.171. The van der Waals surface area contributed by atoms with Crippen LogP contribution in [-0.2, 0) is 4.79 Å². The fourth-order valence-corrected chi connectivity index (χ4v) is 2.68. The monoisotopic (exact) mass is 283 g/mol. The Morgan fingerprint density at radius 2 is 2.00 bits per heavy atom. The number of rotatable bonds is 7. The summed E-state index contributed by atoms with van der Waals surface area (Å²) in [5, 5.41) is 6.57. The Kier molecular flexibility index (Phi) is 8.15. The molecule has 2 N–H and O–H groups in total. The number of carbonyl (C=O) groups is 1. The molecular weight excluding hydrogens is 250 g/mol. The van der Waals surface area contributed by atoms with E-state index in [1.54, 1.807) is 0 Å². The van der Waals surface area contributed by atoms with Crippen molar-refractivity contribution >= 4 is 5.91 Å². The minimum Gasteiger partial charge on any atom is -0.354 e. The molecule has 0 saturated carbocycles. The molecule has 4 heteroatoms. The first-order valence-electron chi connectivity index (χ1n) is 8.29. The van der Waals surface area contributed by atoms with Gasteiger partial charge < -0.3 is 15.5 Å². The van der Waals surface area contributed by atoms with E-state index in [0.29, 0.717) is 24.5 Å². The van der Waals surface area contributed by atoms with E-state index in [4.69, 9.17) is 0 Å². The van der Waals surface area contributed by atoms with Gasteiger partial charge in [-0.1, -0.05) is 6.92 Å². The van der Waals surface area contributed by atoms with Gasteiger partial charge in [-0.3, -0.25) is 4.79 Å². The summed E-state index contributed by atoms with van der Waals surface area (Å²) in [5.41, 5.74) is 0. The number of hydrogen-bond donors (Lipinski definition) is 2. The van der Waals surface area contributed by atoms with Crippen LogP contribution in [0.25, 0.3) is 0 Å². The molecular formula is C16H33N3O. The molecule has 0 aromatic rings. The van der Waals surface area contributed by atoms with Gasteiger partial charge in [0.2, 0.25) is 5.91 Å². The number of hydrogen-bond acceptors (Lipinski definition) is 3. The zero-order chi connectivity index (χ0) is 15.0. The highest BCUT2D eigenvalue weighted by Gasteiger charge is 2.18. The molecule has 1 amide bonds. The first kappa shape index (κ1) is 17.4. The highest BCUT2D eigenvalue weighted by atomic mass is 16.1. The van der Waals surface area contributed by atoms with Gasteiger partial charge in [0, 0.05) is 31.1 Å². The normalized spacial score (nSPS) is 22.6. The molecule has 2 atom stereocenters. The van der Waals surface area contributed by atoms with Gasteiger partial charge in [-0.25, -0.2) is 0 Å². The van der Waals surface area contributed by atoms with Crippen LogP contribution in [0.4, 0.5) is 0 Å². The number of nitrogens with one attached hydrogen (secondary N) is 2. The zero-order valence-electron chi connectivity index (χ0n) is 13.7. The molecule has 1 rings (SSSR count). The van der Waals surface area contributed by atoms with E-state index in [0.717, 1.165) is 13.0 Å². The second kappa shape index (κ2) is 9.35. The second-order valence-corrected chi connectivity index (χ2v) is 6.34. The molecule has 0 aromatic carbocycles. The summed E-state index contributed by atoms with van der Waals surface area (Å²) in [6.45, 7) is 11.9. The molecule has 0 aliphatic carbocycles. The number of nitrogens with zero attached hydrogens (tertiary/aromatic N) is 1. The van der Waals surface area contributed by atoms with Crippen LogP contribution in [-0.4, -0.2) is 48.6 Å². The highest BCUT2D eigenvalue weighted by Crippen LogP contribution is 2.13. The smallest absolute Gasteiger partial charge is 0.221 e. The molecule has 1 fully saturated rings. The fourth-order valence-electron chi connectivity index (χ4n) is 2.68. The van der Waals surface area contributed by atoms with Gasteiger partial charge in [-0.05, 0) is 59.5 Å². The van der Waals surface area contributed by atoms with Gasteiger partial charge in [0.1, 0.15) is 0 Å². The summed E-state index contributed by atoms with van der Waals surface area (Å²) in [4.78, 5) is 14.3. The maximum atomic E-state index is 11.7. The number of carbonyl (C=O) groups excluding carboxylic acids is 1. The maximum Gasteiger partial charge on any atom is 0.221 e. The Morgan fingerprint density at radius 3 is 2.65 bits per heavy atom. The van der Waals surface area contributed by atoms with Gasteiger partial charge >= 0.3 is 0 Å². The summed E-state index contributed by atoms with van der Waals surface area (Å²) in [6.07, 6.45) is 5.28. The van der Waals surface area contributed by atoms with Crippen molar-refractivity contribution < 1.29 is 4.79 Å². The Morgan fingerprint density at radius 1 is 1.25 bits per heavy atom. The lowest BCUT2D eigenvalue weighted by Gasteiger charge is -2.24. The molecule has 20 heavy (non-hydrogen) atoms. The fraction of sp³-hybridized carbons (Fsp3) is 0.938. The van der Waals surface area contributed by atoms with Crippen molar-refractivity contribution in [2.75, 3.05) is 19.6 Å². The van der Waals surface area contributed by atoms with Crippen molar-refractivity contribution in [2.45, 2.75) is 77.9 Å². The summed E-state index contributed by atoms with van der Waals surface area (Å²) in [7, 11) is 0. The number of likely N-dealkylation sites (tertiary alicyclic amines) is 1. The molecule has 4 nitrogen and oxygen atoms in total. The van der Waals surface area contributed by atoms with Crippen LogP contribution in [0.3, 0.4) is 0 Å². The van der Waals surface area contributed by atoms with Crippen LogP contribution in [0, 0.1) is 0 Å². The lowest BCUT2D eigenvalue weighted by atomic mass is 10.1. The van der Waals surface area contributed by atoms with E-state index in [-0.39, 0.29) is 5.91 Å². The van der Waals surface area contributed by atoms with Crippen molar-refractivity contribution in [3.8, 4) is 0 Å². The molecule has 0 spiro atoms. The zero-order valence-corrected chi connectivity index (χ0v) is 13.7. The van der Waals surface area contributed by atoms with E-state index in [1.807, 2.05) is 0 Å². The van der Waals surface area contributed by atoms with Crippen LogP contribution in [0.15, 0.2) is 0 Å². The predicted octanol–water partition coefficient (Wildman–Crippen LogP) is 2.14. The van der Waals surface area contributed by atoms with Crippen LogP contribution >= 0.6 is 0 Å². The summed E-state index contributed by atoms with van der Waals surface area (Å²) in [6, 6.07) is 1.52. The molecule has 2 unspecified atom stereocenters. The first-order valence-corrected chi connectivity index (χ1v) is 8.29. The topological polar surface area (TPSA) is 44.4 Å². The molecule has 118 valence electrons. The average Bonchev–Trinajstić information content (AvgIpc) is 2.64. The highest BCUT2D eigenvalue weighted by molar-refractivity contribution is 5.76. The van der Waals surface area contributed by atoms with Gasteiger partial charge in [0.05, 0.1) is 0 Å². The molecule has 1 aliphatic rings. The summed E-state index contributed by atoms with van der Waals surface area (Å²) >= 11 is 0. The lowest BCUT2D eigenvalue weighted by Crippen LogP contribution is -2.37. The van der Waals surface area contributed by atoms with E-state index in [1.165, 1.54) is 32.4 Å². The first-order chi connectivity index (χ1) is 9.52. The van der Waals surface area contributed by atoms with Crippen molar-refractivity contribution in [3.63, 3.8) is 0 Å². The van der Waals surface area contributed by atoms with Crippen LogP contribution in [0.1, 0.15) is 59.8 Å². The minimum absolute atomic E-state index is 0.171. The number of amides is 1. The van der Waals surface area contributed by atoms with E-state index < -0.39 is 0 Å². The third-order valence-electron chi connectivity index (χ3n) is 4.30. The minimum atomic E-state index is 0.171. The van der Waals surface area contributed by atoms with Crippen LogP contribution < -0.4 is 10.6 Å². The largest absolute Gasteiger partial charge is 0.354 e. The van der Waals surface area contributed by atoms with Crippen LogP contribution in [0.5, 0.6) is 0 Å². The second-order valence-electron chi connectivity index (χ2n) is 6.34. The molecule has 1 heterocycles. The standard InChI is InChI=1S/C16H33N3O/c1-5-14(4)18-16(20)8-10-17-15-7-6-11-19(12-9-15)13(2)3/h13-15,17H,5-12H2,1-4H3,(H,18,20). The Labute approximate surface area is 124 Å². The average molecular weight is 283 g/mol. The Bertz CT molecular complexity index is 281. The maximum absolute atomic E-state index is 11.7. The quantitative estimate of drug-likeness (QED) is 0.752. The molecule has 0 radical (unpaired) electrons. The van der Waals surface area contributed by atoms with Gasteiger partial charge in [0.25, 0.3) is 0 Å². The van der Waals surface area contributed by atoms with Crippen molar-refractivity contribution in [1.29, 1.82) is 0 Å². The predicted molar refractivity (Wildman–Crippen MR) is 84.9 cm³/mol. The van der Waals surface area contributed by atoms with Gasteiger partial charge in [0.15, 0.2) is 0 Å². The molecule has 0 aromatic heterocycles. The Hall–Kier alpha value is -0.610. The van der Waals surface area contributed by atoms with E-state index >= 15 is 0 Å². The molecule has 1 aliphatic heterocycles. The molecule has 1 saturated heterocycles. The van der Waals surface area contributed by atoms with Gasteiger partial charge in [-0.2, -0.15) is 0 Å². The van der Waals surface area contributed by atoms with Gasteiger partial charge in [-0.15, -0.1) is 0 Å². The Balaban J connectivity index is 2.17. The van der Waals surface area contributed by atoms with Crippen molar-refractivity contribution in [1.82, 2.24) is 15.5 Å². The molecule has 0 bridgehead atoms. The SMILES string of the molecule is CCC(C)NC(=O)CCNC1CCCN(C(C)C)CC1. The summed E-state index contributed by atoms with van der Waals surface area (Å²) < 4.78 is 0. The van der Waals surface area contributed by atoms with Crippen LogP contribution in [0.2, 0.25) is 0 Å². The third kappa shape index (κ3) is 6.71. The third-order valence-corrected chi connectivity index (χ3v) is 4.30. The van der Waals surface area contributed by atoms with E-state index in [2.05, 4.69) is 43.2 Å². The van der Waals surface area contributed by atoms with E-state index in [9.17, 15) is 4.79 Å².